The summed E-state index contributed by atoms with van der Waals surface area (Å²) in [5.74, 6) is 0.485. The number of fused-ring (bicyclic) bond motifs is 1. The van der Waals surface area contributed by atoms with Crippen molar-refractivity contribution >= 4 is 22.6 Å². The largest absolute Gasteiger partial charge is 0.506 e. The first-order chi connectivity index (χ1) is 11.0. The van der Waals surface area contributed by atoms with Crippen LogP contribution in [0.1, 0.15) is 35.8 Å². The summed E-state index contributed by atoms with van der Waals surface area (Å²) in [5, 5.41) is 12.9. The van der Waals surface area contributed by atoms with Crippen LogP contribution in [0.4, 0.5) is 5.82 Å². The van der Waals surface area contributed by atoms with Gasteiger partial charge in [-0.15, -0.1) is 0 Å². The van der Waals surface area contributed by atoms with Crippen LogP contribution in [-0.2, 0) is 0 Å². The van der Waals surface area contributed by atoms with E-state index in [-0.39, 0.29) is 11.7 Å². The van der Waals surface area contributed by atoms with Crippen LogP contribution in [0.15, 0.2) is 48.7 Å². The fraction of sp³-hybridized carbons (Fsp3) is 0.167. The number of hydrogen-bond donors (Lipinski definition) is 2. The zero-order chi connectivity index (χ0) is 16.4. The number of aromatic nitrogens is 2. The fourth-order valence-corrected chi connectivity index (χ4v) is 2.26. The van der Waals surface area contributed by atoms with Gasteiger partial charge in [-0.1, -0.05) is 32.0 Å². The molecule has 0 bridgehead atoms. The van der Waals surface area contributed by atoms with E-state index in [4.69, 9.17) is 0 Å². The number of carbonyl (C=O) groups is 1. The highest BCUT2D eigenvalue weighted by atomic mass is 16.3. The molecule has 2 N–H and O–H groups in total. The summed E-state index contributed by atoms with van der Waals surface area (Å²) in [5.41, 5.74) is 2.30. The maximum Gasteiger partial charge on any atom is 0.275 e. The van der Waals surface area contributed by atoms with Gasteiger partial charge >= 0.3 is 0 Å². The second-order valence-corrected chi connectivity index (χ2v) is 5.66. The van der Waals surface area contributed by atoms with Gasteiger partial charge in [-0.2, -0.15) is 0 Å². The highest BCUT2D eigenvalue weighted by Crippen LogP contribution is 2.20. The molecule has 0 fully saturated rings. The van der Waals surface area contributed by atoms with Gasteiger partial charge in [0.05, 0.1) is 11.7 Å². The first-order valence-electron chi connectivity index (χ1n) is 7.40. The number of anilines is 1. The molecule has 5 nitrogen and oxygen atoms in total. The van der Waals surface area contributed by atoms with Gasteiger partial charge in [0.15, 0.2) is 0 Å². The number of nitrogens with one attached hydrogen (secondary N) is 1. The summed E-state index contributed by atoms with van der Waals surface area (Å²) in [7, 11) is 0. The summed E-state index contributed by atoms with van der Waals surface area (Å²) >= 11 is 0. The van der Waals surface area contributed by atoms with Gasteiger partial charge in [0.25, 0.3) is 5.91 Å². The van der Waals surface area contributed by atoms with Crippen LogP contribution in [-0.4, -0.2) is 21.0 Å². The third-order valence-electron chi connectivity index (χ3n) is 3.60. The molecular formula is C18H17N3O2. The van der Waals surface area contributed by atoms with Crippen molar-refractivity contribution in [3.8, 4) is 5.75 Å². The molecule has 0 saturated heterocycles. The van der Waals surface area contributed by atoms with Crippen molar-refractivity contribution in [2.24, 2.45) is 0 Å². The average Bonchev–Trinajstić information content (AvgIpc) is 2.55. The molecule has 3 aromatic rings. The number of nitrogens with zero attached hydrogens (tertiary/aromatic N) is 2. The lowest BCUT2D eigenvalue weighted by Crippen LogP contribution is -2.14. The molecule has 3 rings (SSSR count). The first kappa shape index (κ1) is 15.0. The zero-order valence-electron chi connectivity index (χ0n) is 12.9. The summed E-state index contributed by atoms with van der Waals surface area (Å²) in [6, 6.07) is 12.7. The van der Waals surface area contributed by atoms with E-state index in [2.05, 4.69) is 35.2 Å². The molecule has 0 spiro atoms. The van der Waals surface area contributed by atoms with Crippen molar-refractivity contribution in [1.29, 1.82) is 0 Å². The highest BCUT2D eigenvalue weighted by molar-refractivity contribution is 6.03. The Labute approximate surface area is 134 Å². The fourth-order valence-electron chi connectivity index (χ4n) is 2.26. The Morgan fingerprint density at radius 3 is 2.61 bits per heavy atom. The molecule has 0 aliphatic carbocycles. The molecule has 2 heterocycles. The monoisotopic (exact) mass is 307 g/mol. The zero-order valence-corrected chi connectivity index (χ0v) is 12.9. The van der Waals surface area contributed by atoms with E-state index in [0.717, 1.165) is 10.9 Å². The number of carbonyl (C=O) groups excluding carboxylic acids is 1. The topological polar surface area (TPSA) is 75.1 Å². The lowest BCUT2D eigenvalue weighted by Gasteiger charge is -2.08. The summed E-state index contributed by atoms with van der Waals surface area (Å²) in [6.45, 7) is 4.24. The van der Waals surface area contributed by atoms with Crippen molar-refractivity contribution in [1.82, 2.24) is 9.97 Å². The minimum absolute atomic E-state index is 0.0491. The van der Waals surface area contributed by atoms with Crippen molar-refractivity contribution in [3.63, 3.8) is 0 Å². The van der Waals surface area contributed by atoms with E-state index < -0.39 is 0 Å². The quantitative estimate of drug-likeness (QED) is 0.773. The Balaban J connectivity index is 1.89. The molecule has 0 saturated carbocycles. The number of rotatable bonds is 3. The van der Waals surface area contributed by atoms with E-state index in [1.807, 2.05) is 18.2 Å². The van der Waals surface area contributed by atoms with Gasteiger partial charge < -0.3 is 10.4 Å². The summed E-state index contributed by atoms with van der Waals surface area (Å²) in [6.07, 6.45) is 1.28. The number of amides is 1. The molecule has 0 unspecified atom stereocenters. The van der Waals surface area contributed by atoms with Gasteiger partial charge in [0.2, 0.25) is 0 Å². The van der Waals surface area contributed by atoms with Crippen molar-refractivity contribution in [2.75, 3.05) is 5.32 Å². The molecule has 0 aliphatic heterocycles. The van der Waals surface area contributed by atoms with Gasteiger partial charge in [-0.05, 0) is 35.7 Å². The van der Waals surface area contributed by atoms with E-state index in [9.17, 15) is 9.90 Å². The van der Waals surface area contributed by atoms with Gasteiger partial charge in [0.1, 0.15) is 17.3 Å². The summed E-state index contributed by atoms with van der Waals surface area (Å²) < 4.78 is 0. The van der Waals surface area contributed by atoms with Crippen LogP contribution in [0.25, 0.3) is 10.9 Å². The van der Waals surface area contributed by atoms with E-state index >= 15 is 0 Å². The molecule has 1 amide bonds. The SMILES string of the molecule is CC(C)c1ccc2ccc(C(=O)Nc3ccc(O)cn3)nc2c1. The van der Waals surface area contributed by atoms with Gasteiger partial charge in [0, 0.05) is 5.39 Å². The predicted octanol–water partition coefficient (Wildman–Crippen LogP) is 3.71. The Hall–Kier alpha value is -2.95. The van der Waals surface area contributed by atoms with Crippen LogP contribution in [0.2, 0.25) is 0 Å². The van der Waals surface area contributed by atoms with E-state index in [0.29, 0.717) is 17.4 Å². The average molecular weight is 307 g/mol. The normalized spacial score (nSPS) is 10.9. The molecule has 116 valence electrons. The van der Waals surface area contributed by atoms with Crippen molar-refractivity contribution in [3.05, 3.63) is 59.9 Å². The van der Waals surface area contributed by atoms with Crippen LogP contribution in [0.3, 0.4) is 0 Å². The maximum absolute atomic E-state index is 12.3. The molecule has 0 aliphatic rings. The minimum atomic E-state index is -0.333. The maximum atomic E-state index is 12.3. The van der Waals surface area contributed by atoms with Crippen molar-refractivity contribution in [2.45, 2.75) is 19.8 Å². The van der Waals surface area contributed by atoms with E-state index in [1.54, 1.807) is 6.07 Å². The van der Waals surface area contributed by atoms with E-state index in [1.165, 1.54) is 23.9 Å². The molecule has 0 atom stereocenters. The Bertz CT molecular complexity index is 858. The van der Waals surface area contributed by atoms with Crippen LogP contribution in [0.5, 0.6) is 5.75 Å². The number of pyridine rings is 2. The third-order valence-corrected chi connectivity index (χ3v) is 3.60. The first-order valence-corrected chi connectivity index (χ1v) is 7.40. The lowest BCUT2D eigenvalue weighted by molar-refractivity contribution is 0.102. The minimum Gasteiger partial charge on any atom is -0.506 e. The number of aromatic hydroxyl groups is 1. The molecule has 1 aromatic carbocycles. The molecule has 0 radical (unpaired) electrons. The van der Waals surface area contributed by atoms with Crippen LogP contribution >= 0.6 is 0 Å². The second kappa shape index (κ2) is 6.04. The Morgan fingerprint density at radius 2 is 1.91 bits per heavy atom. The molecule has 23 heavy (non-hydrogen) atoms. The number of benzene rings is 1. The standard InChI is InChI=1S/C18H17N3O2/c1-11(2)13-4-3-12-5-7-15(20-16(12)9-13)18(23)21-17-8-6-14(22)10-19-17/h3-11,22H,1-2H3,(H,19,21,23). The Morgan fingerprint density at radius 1 is 1.13 bits per heavy atom. The summed E-state index contributed by atoms with van der Waals surface area (Å²) in [4.78, 5) is 20.7. The predicted molar refractivity (Wildman–Crippen MR) is 89.7 cm³/mol. The molecule has 5 heteroatoms. The molecular weight excluding hydrogens is 290 g/mol. The Kier molecular flexibility index (Phi) is 3.93. The van der Waals surface area contributed by atoms with Gasteiger partial charge in [-0.25, -0.2) is 9.97 Å². The number of hydrogen-bond acceptors (Lipinski definition) is 4. The van der Waals surface area contributed by atoms with Crippen LogP contribution in [0, 0.1) is 0 Å². The van der Waals surface area contributed by atoms with Gasteiger partial charge in [-0.3, -0.25) is 4.79 Å². The third kappa shape index (κ3) is 3.29. The highest BCUT2D eigenvalue weighted by Gasteiger charge is 2.10. The smallest absolute Gasteiger partial charge is 0.275 e. The molecule has 2 aromatic heterocycles. The van der Waals surface area contributed by atoms with Crippen LogP contribution < -0.4 is 5.32 Å². The second-order valence-electron chi connectivity index (χ2n) is 5.66. The lowest BCUT2D eigenvalue weighted by atomic mass is 10.0. The van der Waals surface area contributed by atoms with Crippen molar-refractivity contribution < 1.29 is 9.90 Å².